The van der Waals surface area contributed by atoms with E-state index < -0.39 is 11.0 Å². The van der Waals surface area contributed by atoms with E-state index in [1.807, 2.05) is 18.2 Å². The fourth-order valence-electron chi connectivity index (χ4n) is 3.46. The molecule has 10 heteroatoms. The van der Waals surface area contributed by atoms with Gasteiger partial charge in [0, 0.05) is 0 Å². The minimum atomic E-state index is -1.30. The molecule has 1 fully saturated rings. The molecule has 29 heavy (non-hydrogen) atoms. The van der Waals surface area contributed by atoms with Gasteiger partial charge in [0.1, 0.15) is 28.6 Å². The fraction of sp³-hybridized carbons (Fsp3) is 0.421. The number of nitrogens with zero attached hydrogens (tertiary/aromatic N) is 3. The lowest BCUT2D eigenvalue weighted by Crippen LogP contribution is -2.28. The standard InChI is InChI=1S/C19H25N7O2S/c1-20-29(27)14-2-3-16(28-9-6-13-4-7-21-8-5-13)15(10-14)26-19-17-18(23-11-22-17)24-12-25-19/h2-3,10-13,20-21H,4-9H2,1H3,(H2,22,23,24,25,26). The second kappa shape index (κ2) is 9.29. The molecule has 154 valence electrons. The highest BCUT2D eigenvalue weighted by Crippen LogP contribution is 2.31. The van der Waals surface area contributed by atoms with Gasteiger partial charge in [-0.1, -0.05) is 0 Å². The lowest BCUT2D eigenvalue weighted by atomic mass is 9.95. The third-order valence-corrected chi connectivity index (χ3v) is 6.12. The number of aromatic nitrogens is 4. The maximum atomic E-state index is 12.2. The van der Waals surface area contributed by atoms with Crippen molar-refractivity contribution in [1.29, 1.82) is 0 Å². The molecule has 1 unspecified atom stereocenters. The van der Waals surface area contributed by atoms with Crippen LogP contribution in [0, 0.1) is 5.92 Å². The van der Waals surface area contributed by atoms with Crippen LogP contribution in [0.4, 0.5) is 11.5 Å². The number of anilines is 2. The summed E-state index contributed by atoms with van der Waals surface area (Å²) < 4.78 is 21.1. The number of piperidine rings is 1. The number of benzene rings is 1. The number of fused-ring (bicyclic) bond motifs is 1. The molecule has 0 radical (unpaired) electrons. The number of imidazole rings is 1. The van der Waals surface area contributed by atoms with E-state index in [-0.39, 0.29) is 0 Å². The highest BCUT2D eigenvalue weighted by atomic mass is 32.2. The molecule has 0 bridgehead atoms. The molecule has 0 saturated carbocycles. The predicted octanol–water partition coefficient (Wildman–Crippen LogP) is 2.11. The summed E-state index contributed by atoms with van der Waals surface area (Å²) in [6.45, 7) is 2.79. The van der Waals surface area contributed by atoms with Crippen LogP contribution in [0.25, 0.3) is 11.2 Å². The third-order valence-electron chi connectivity index (χ3n) is 5.07. The topological polar surface area (TPSA) is 117 Å². The molecule has 2 aromatic heterocycles. The molecule has 1 aromatic carbocycles. The Morgan fingerprint density at radius 1 is 1.24 bits per heavy atom. The molecule has 0 aliphatic carbocycles. The molecule has 4 N–H and O–H groups in total. The highest BCUT2D eigenvalue weighted by molar-refractivity contribution is 7.83. The molecule has 4 rings (SSSR count). The van der Waals surface area contributed by atoms with Gasteiger partial charge in [-0.2, -0.15) is 0 Å². The Morgan fingerprint density at radius 2 is 2.10 bits per heavy atom. The van der Waals surface area contributed by atoms with Crippen LogP contribution in [0.2, 0.25) is 0 Å². The molecule has 1 saturated heterocycles. The molecule has 1 aliphatic rings. The normalized spacial score (nSPS) is 16.0. The molecular weight excluding hydrogens is 390 g/mol. The van der Waals surface area contributed by atoms with E-state index >= 15 is 0 Å². The first-order valence-electron chi connectivity index (χ1n) is 9.72. The van der Waals surface area contributed by atoms with Crippen LogP contribution < -0.4 is 20.1 Å². The number of nitrogens with one attached hydrogen (secondary N) is 4. The van der Waals surface area contributed by atoms with E-state index in [0.717, 1.165) is 19.5 Å². The summed E-state index contributed by atoms with van der Waals surface area (Å²) in [5, 5.41) is 6.68. The van der Waals surface area contributed by atoms with Crippen molar-refractivity contribution in [3.05, 3.63) is 30.9 Å². The van der Waals surface area contributed by atoms with Gasteiger partial charge in [-0.15, -0.1) is 0 Å². The lowest BCUT2D eigenvalue weighted by molar-refractivity contribution is 0.252. The number of H-pyrrole nitrogens is 1. The average molecular weight is 416 g/mol. The van der Waals surface area contributed by atoms with Crippen molar-refractivity contribution in [3.8, 4) is 5.75 Å². The largest absolute Gasteiger partial charge is 0.491 e. The second-order valence-electron chi connectivity index (χ2n) is 6.91. The van der Waals surface area contributed by atoms with Crippen LogP contribution in [-0.4, -0.2) is 50.9 Å². The second-order valence-corrected chi connectivity index (χ2v) is 8.33. The van der Waals surface area contributed by atoms with E-state index in [1.165, 1.54) is 19.2 Å². The van der Waals surface area contributed by atoms with Crippen LogP contribution in [0.3, 0.4) is 0 Å². The molecule has 3 aromatic rings. The first-order valence-corrected chi connectivity index (χ1v) is 10.9. The average Bonchev–Trinajstić information content (AvgIpc) is 3.25. The van der Waals surface area contributed by atoms with Gasteiger partial charge < -0.3 is 20.4 Å². The summed E-state index contributed by atoms with van der Waals surface area (Å²) in [7, 11) is 0.357. The summed E-state index contributed by atoms with van der Waals surface area (Å²) >= 11 is 0. The van der Waals surface area contributed by atoms with Crippen molar-refractivity contribution in [2.24, 2.45) is 5.92 Å². The third kappa shape index (κ3) is 4.72. The number of rotatable bonds is 8. The van der Waals surface area contributed by atoms with Crippen LogP contribution in [-0.2, 0) is 11.0 Å². The van der Waals surface area contributed by atoms with Crippen molar-refractivity contribution in [1.82, 2.24) is 30.0 Å². The number of aromatic amines is 1. The van der Waals surface area contributed by atoms with Gasteiger partial charge in [0.15, 0.2) is 11.5 Å². The van der Waals surface area contributed by atoms with E-state index in [0.29, 0.717) is 45.8 Å². The first kappa shape index (κ1) is 19.7. The fourth-order valence-corrected chi connectivity index (χ4v) is 4.11. The van der Waals surface area contributed by atoms with Gasteiger partial charge in [-0.25, -0.2) is 23.9 Å². The Bertz CT molecular complexity index is 988. The summed E-state index contributed by atoms with van der Waals surface area (Å²) in [6.07, 6.45) is 6.43. The molecular formula is C19H25N7O2S. The zero-order chi connectivity index (χ0) is 20.1. The number of hydrogen-bond acceptors (Lipinski definition) is 7. The molecule has 0 amide bonds. The van der Waals surface area contributed by atoms with Crippen molar-refractivity contribution in [2.75, 3.05) is 32.1 Å². The van der Waals surface area contributed by atoms with Crippen molar-refractivity contribution >= 4 is 33.7 Å². The molecule has 1 atom stereocenters. The number of ether oxygens (including phenoxy) is 1. The zero-order valence-corrected chi connectivity index (χ0v) is 17.1. The van der Waals surface area contributed by atoms with E-state index in [1.54, 1.807) is 13.4 Å². The van der Waals surface area contributed by atoms with Gasteiger partial charge in [0.25, 0.3) is 0 Å². The zero-order valence-electron chi connectivity index (χ0n) is 16.3. The van der Waals surface area contributed by atoms with Gasteiger partial charge in [-0.3, -0.25) is 0 Å². The predicted molar refractivity (Wildman–Crippen MR) is 113 cm³/mol. The Balaban J connectivity index is 1.55. The van der Waals surface area contributed by atoms with E-state index in [9.17, 15) is 4.21 Å². The maximum absolute atomic E-state index is 12.2. The van der Waals surface area contributed by atoms with E-state index in [4.69, 9.17) is 4.74 Å². The summed E-state index contributed by atoms with van der Waals surface area (Å²) in [5.41, 5.74) is 1.98. The summed E-state index contributed by atoms with van der Waals surface area (Å²) in [4.78, 5) is 16.3. The van der Waals surface area contributed by atoms with E-state index in [2.05, 4.69) is 35.3 Å². The molecule has 1 aliphatic heterocycles. The highest BCUT2D eigenvalue weighted by Gasteiger charge is 2.15. The van der Waals surface area contributed by atoms with Gasteiger partial charge in [0.05, 0.1) is 23.5 Å². The van der Waals surface area contributed by atoms with Gasteiger partial charge in [-0.05, 0) is 63.5 Å². The first-order chi connectivity index (χ1) is 14.2. The maximum Gasteiger partial charge on any atom is 0.182 e. The Hall–Kier alpha value is -2.56. The van der Waals surface area contributed by atoms with Crippen LogP contribution in [0.1, 0.15) is 19.3 Å². The van der Waals surface area contributed by atoms with Crippen LogP contribution in [0.5, 0.6) is 5.75 Å². The smallest absolute Gasteiger partial charge is 0.182 e. The molecule has 3 heterocycles. The number of hydrogen-bond donors (Lipinski definition) is 4. The monoisotopic (exact) mass is 415 g/mol. The van der Waals surface area contributed by atoms with Gasteiger partial charge in [0.2, 0.25) is 0 Å². The van der Waals surface area contributed by atoms with Crippen LogP contribution >= 0.6 is 0 Å². The SMILES string of the molecule is CNS(=O)c1ccc(OCCC2CCNCC2)c(Nc2ncnc3nc[nH]c23)c1. The Kier molecular flexibility index (Phi) is 6.33. The summed E-state index contributed by atoms with van der Waals surface area (Å²) in [5.74, 6) is 1.97. The molecule has 9 nitrogen and oxygen atoms in total. The molecule has 0 spiro atoms. The Morgan fingerprint density at radius 3 is 2.93 bits per heavy atom. The van der Waals surface area contributed by atoms with Crippen LogP contribution in [0.15, 0.2) is 35.7 Å². The summed E-state index contributed by atoms with van der Waals surface area (Å²) in [6, 6.07) is 5.47. The van der Waals surface area contributed by atoms with Crippen molar-refractivity contribution < 1.29 is 8.95 Å². The van der Waals surface area contributed by atoms with Crippen molar-refractivity contribution in [3.63, 3.8) is 0 Å². The van der Waals surface area contributed by atoms with Crippen molar-refractivity contribution in [2.45, 2.75) is 24.2 Å². The minimum absolute atomic E-state index is 0.575. The van der Waals surface area contributed by atoms with Gasteiger partial charge >= 0.3 is 0 Å². The minimum Gasteiger partial charge on any atom is -0.491 e. The Labute approximate surface area is 171 Å². The lowest BCUT2D eigenvalue weighted by Gasteiger charge is -2.22. The quantitative estimate of drug-likeness (QED) is 0.445.